The lowest BCUT2D eigenvalue weighted by Crippen LogP contribution is -2.26. The third-order valence-electron chi connectivity index (χ3n) is 4.04. The Labute approximate surface area is 159 Å². The van der Waals surface area contributed by atoms with Crippen molar-refractivity contribution in [1.82, 2.24) is 4.72 Å². The summed E-state index contributed by atoms with van der Waals surface area (Å²) in [5.41, 5.74) is 2.72. The molecule has 0 unspecified atom stereocenters. The fraction of sp³-hybridized carbons (Fsp3) is 0.316. The molecule has 0 saturated heterocycles. The monoisotopic (exact) mass is 392 g/mol. The second-order valence-electron chi connectivity index (χ2n) is 6.02. The standard InChI is InChI=1S/C19H24N2O3S2/c1-14-6-11-18(13-15(14)2)26(23,24)20-12-4-5-19(22)21-16-7-9-17(25-3)10-8-16/h6-11,13,20H,4-5,12H2,1-3H3,(H,21,22). The molecular formula is C19H24N2O3S2. The SMILES string of the molecule is CSc1ccc(NC(=O)CCCNS(=O)(=O)c2ccc(C)c(C)c2)cc1. The highest BCUT2D eigenvalue weighted by atomic mass is 32.2. The lowest BCUT2D eigenvalue weighted by atomic mass is 10.1. The largest absolute Gasteiger partial charge is 0.326 e. The zero-order valence-corrected chi connectivity index (χ0v) is 16.8. The van der Waals surface area contributed by atoms with E-state index in [1.807, 2.05) is 44.4 Å². The van der Waals surface area contributed by atoms with Crippen molar-refractivity contribution in [2.75, 3.05) is 18.1 Å². The summed E-state index contributed by atoms with van der Waals surface area (Å²) < 4.78 is 27.1. The molecule has 1 amide bonds. The molecule has 0 bridgehead atoms. The first-order valence-electron chi connectivity index (χ1n) is 8.32. The van der Waals surface area contributed by atoms with Crippen LogP contribution in [0.1, 0.15) is 24.0 Å². The van der Waals surface area contributed by atoms with Gasteiger partial charge in [0.15, 0.2) is 0 Å². The van der Waals surface area contributed by atoms with Gasteiger partial charge in [0.25, 0.3) is 0 Å². The first-order chi connectivity index (χ1) is 12.3. The third kappa shape index (κ3) is 5.86. The topological polar surface area (TPSA) is 75.3 Å². The van der Waals surface area contributed by atoms with Gasteiger partial charge in [0, 0.05) is 23.5 Å². The average Bonchev–Trinajstić information content (AvgIpc) is 2.61. The van der Waals surface area contributed by atoms with E-state index in [9.17, 15) is 13.2 Å². The van der Waals surface area contributed by atoms with Crippen LogP contribution in [-0.4, -0.2) is 27.1 Å². The quantitative estimate of drug-likeness (QED) is 0.530. The fourth-order valence-corrected chi connectivity index (χ4v) is 3.88. The second-order valence-corrected chi connectivity index (χ2v) is 8.67. The predicted octanol–water partition coefficient (Wildman–Crippen LogP) is 3.72. The zero-order chi connectivity index (χ0) is 19.2. The van der Waals surface area contributed by atoms with Crippen LogP contribution in [0.3, 0.4) is 0 Å². The number of thioether (sulfide) groups is 1. The summed E-state index contributed by atoms with van der Waals surface area (Å²) in [6.07, 6.45) is 2.67. The van der Waals surface area contributed by atoms with Crippen molar-refractivity contribution >= 4 is 33.4 Å². The van der Waals surface area contributed by atoms with Crippen LogP contribution in [0.25, 0.3) is 0 Å². The predicted molar refractivity (Wildman–Crippen MR) is 107 cm³/mol. The van der Waals surface area contributed by atoms with Gasteiger partial charge in [0.2, 0.25) is 15.9 Å². The Morgan fingerprint density at radius 3 is 2.35 bits per heavy atom. The van der Waals surface area contributed by atoms with Crippen LogP contribution in [0.2, 0.25) is 0 Å². The highest BCUT2D eigenvalue weighted by molar-refractivity contribution is 7.98. The molecule has 0 aliphatic rings. The number of hydrogen-bond donors (Lipinski definition) is 2. The van der Waals surface area contributed by atoms with Crippen LogP contribution in [0.15, 0.2) is 52.3 Å². The molecule has 2 rings (SSSR count). The molecule has 0 aromatic heterocycles. The molecule has 0 aliphatic carbocycles. The molecule has 0 aliphatic heterocycles. The van der Waals surface area contributed by atoms with E-state index in [1.165, 1.54) is 0 Å². The minimum absolute atomic E-state index is 0.132. The molecule has 2 aromatic carbocycles. The van der Waals surface area contributed by atoms with E-state index in [0.717, 1.165) is 21.7 Å². The molecule has 26 heavy (non-hydrogen) atoms. The number of carbonyl (C=O) groups excluding carboxylic acids is 1. The Kier molecular flexibility index (Phi) is 7.25. The van der Waals surface area contributed by atoms with Crippen molar-refractivity contribution in [1.29, 1.82) is 0 Å². The lowest BCUT2D eigenvalue weighted by molar-refractivity contribution is -0.116. The molecule has 140 valence electrons. The van der Waals surface area contributed by atoms with Gasteiger partial charge in [-0.05, 0) is 74.0 Å². The number of rotatable bonds is 8. The molecule has 0 radical (unpaired) electrons. The third-order valence-corrected chi connectivity index (χ3v) is 6.24. The number of sulfonamides is 1. The van der Waals surface area contributed by atoms with Gasteiger partial charge in [-0.25, -0.2) is 13.1 Å². The maximum Gasteiger partial charge on any atom is 0.240 e. The zero-order valence-electron chi connectivity index (χ0n) is 15.2. The molecule has 2 N–H and O–H groups in total. The highest BCUT2D eigenvalue weighted by Crippen LogP contribution is 2.18. The lowest BCUT2D eigenvalue weighted by Gasteiger charge is -2.09. The summed E-state index contributed by atoms with van der Waals surface area (Å²) in [5, 5.41) is 2.81. The van der Waals surface area contributed by atoms with E-state index in [2.05, 4.69) is 10.0 Å². The average molecular weight is 393 g/mol. The molecule has 0 fully saturated rings. The van der Waals surface area contributed by atoms with E-state index in [-0.39, 0.29) is 23.8 Å². The Balaban J connectivity index is 1.79. The highest BCUT2D eigenvalue weighted by Gasteiger charge is 2.14. The van der Waals surface area contributed by atoms with Crippen molar-refractivity contribution in [2.24, 2.45) is 0 Å². The van der Waals surface area contributed by atoms with Gasteiger partial charge in [0.05, 0.1) is 4.90 Å². The van der Waals surface area contributed by atoms with Crippen LogP contribution in [0.5, 0.6) is 0 Å². The normalized spacial score (nSPS) is 11.3. The van der Waals surface area contributed by atoms with Gasteiger partial charge in [0.1, 0.15) is 0 Å². The Morgan fingerprint density at radius 2 is 1.73 bits per heavy atom. The van der Waals surface area contributed by atoms with Crippen molar-refractivity contribution < 1.29 is 13.2 Å². The molecule has 7 heteroatoms. The van der Waals surface area contributed by atoms with Gasteiger partial charge in [-0.15, -0.1) is 11.8 Å². The number of amides is 1. The van der Waals surface area contributed by atoms with E-state index in [0.29, 0.717) is 6.42 Å². The van der Waals surface area contributed by atoms with Crippen LogP contribution in [0.4, 0.5) is 5.69 Å². The molecule has 5 nitrogen and oxygen atoms in total. The summed E-state index contributed by atoms with van der Waals surface area (Å²) in [7, 11) is -3.55. The molecule has 0 saturated carbocycles. The van der Waals surface area contributed by atoms with Gasteiger partial charge >= 0.3 is 0 Å². The number of hydrogen-bond acceptors (Lipinski definition) is 4. The van der Waals surface area contributed by atoms with E-state index < -0.39 is 10.0 Å². The minimum Gasteiger partial charge on any atom is -0.326 e. The Hall–Kier alpha value is -1.83. The Morgan fingerprint density at radius 1 is 1.04 bits per heavy atom. The molecule has 0 atom stereocenters. The van der Waals surface area contributed by atoms with E-state index in [4.69, 9.17) is 0 Å². The second kappa shape index (κ2) is 9.21. The van der Waals surface area contributed by atoms with Crippen molar-refractivity contribution in [3.63, 3.8) is 0 Å². The van der Waals surface area contributed by atoms with Crippen LogP contribution in [0, 0.1) is 13.8 Å². The van der Waals surface area contributed by atoms with Gasteiger partial charge in [-0.2, -0.15) is 0 Å². The van der Waals surface area contributed by atoms with Gasteiger partial charge in [-0.1, -0.05) is 6.07 Å². The van der Waals surface area contributed by atoms with Crippen LogP contribution in [-0.2, 0) is 14.8 Å². The summed E-state index contributed by atoms with van der Waals surface area (Å²) in [6, 6.07) is 12.6. The number of anilines is 1. The molecule has 2 aromatic rings. The smallest absolute Gasteiger partial charge is 0.240 e. The summed E-state index contributed by atoms with van der Waals surface area (Å²) >= 11 is 1.64. The summed E-state index contributed by atoms with van der Waals surface area (Å²) in [4.78, 5) is 13.3. The number of nitrogens with one attached hydrogen (secondary N) is 2. The van der Waals surface area contributed by atoms with E-state index in [1.54, 1.807) is 30.0 Å². The molecule has 0 heterocycles. The number of carbonyl (C=O) groups is 1. The maximum atomic E-state index is 12.3. The van der Waals surface area contributed by atoms with Crippen LogP contribution >= 0.6 is 11.8 Å². The van der Waals surface area contributed by atoms with Gasteiger partial charge < -0.3 is 5.32 Å². The van der Waals surface area contributed by atoms with E-state index >= 15 is 0 Å². The van der Waals surface area contributed by atoms with Crippen LogP contribution < -0.4 is 10.0 Å². The maximum absolute atomic E-state index is 12.3. The molecule has 0 spiro atoms. The molecular weight excluding hydrogens is 368 g/mol. The van der Waals surface area contributed by atoms with Crippen molar-refractivity contribution in [3.8, 4) is 0 Å². The van der Waals surface area contributed by atoms with Crippen molar-refractivity contribution in [2.45, 2.75) is 36.5 Å². The number of benzene rings is 2. The Bertz CT molecular complexity index is 863. The minimum atomic E-state index is -3.55. The van der Waals surface area contributed by atoms with Gasteiger partial charge in [-0.3, -0.25) is 4.79 Å². The first kappa shape index (κ1) is 20.5. The van der Waals surface area contributed by atoms with Crippen molar-refractivity contribution in [3.05, 3.63) is 53.6 Å². The summed E-state index contributed by atoms with van der Waals surface area (Å²) in [5.74, 6) is -0.132. The first-order valence-corrected chi connectivity index (χ1v) is 11.0. The number of aryl methyl sites for hydroxylation is 2. The fourth-order valence-electron chi connectivity index (χ4n) is 2.32. The summed E-state index contributed by atoms with van der Waals surface area (Å²) in [6.45, 7) is 4.03.